The Morgan fingerprint density at radius 2 is 1.82 bits per heavy atom. The van der Waals surface area contributed by atoms with Crippen molar-refractivity contribution in [2.75, 3.05) is 20.2 Å². The first-order chi connectivity index (χ1) is 16.4. The highest BCUT2D eigenvalue weighted by Gasteiger charge is 2.39. The van der Waals surface area contributed by atoms with Gasteiger partial charge in [0.1, 0.15) is 11.8 Å². The van der Waals surface area contributed by atoms with E-state index >= 15 is 0 Å². The molecule has 2 aromatic rings. The molecule has 3 heterocycles. The van der Waals surface area contributed by atoms with Crippen LogP contribution in [0.4, 0.5) is 0 Å². The van der Waals surface area contributed by atoms with Gasteiger partial charge in [0, 0.05) is 37.2 Å². The van der Waals surface area contributed by atoms with Gasteiger partial charge in [-0.05, 0) is 60.6 Å². The standard InChI is InChI=1S/C26H27N3O5/c1-34-20-4-2-3-17(13-20)16-9-11-28(12-10-16)25(32)18-5-6-19-15-29(26(33)21(19)14-18)22-7-8-23(30)27-24(22)31/h2-6,13-14,16,22H,7-12,15H2,1H3,(H,27,30,31). The van der Waals surface area contributed by atoms with Gasteiger partial charge in [-0.15, -0.1) is 0 Å². The number of fused-ring (bicyclic) bond motifs is 1. The van der Waals surface area contributed by atoms with Crippen LogP contribution in [-0.2, 0) is 16.1 Å². The van der Waals surface area contributed by atoms with Gasteiger partial charge in [0.05, 0.1) is 7.11 Å². The number of ether oxygens (including phenoxy) is 1. The van der Waals surface area contributed by atoms with E-state index in [0.717, 1.165) is 24.2 Å². The van der Waals surface area contributed by atoms with Gasteiger partial charge < -0.3 is 14.5 Å². The molecule has 8 heteroatoms. The van der Waals surface area contributed by atoms with Gasteiger partial charge in [-0.2, -0.15) is 0 Å². The monoisotopic (exact) mass is 461 g/mol. The molecule has 0 saturated carbocycles. The Hall–Kier alpha value is -3.68. The smallest absolute Gasteiger partial charge is 0.255 e. The summed E-state index contributed by atoms with van der Waals surface area (Å²) in [5, 5.41) is 2.31. The molecule has 2 saturated heterocycles. The first kappa shape index (κ1) is 22.1. The van der Waals surface area contributed by atoms with Crippen LogP contribution in [0, 0.1) is 0 Å². The van der Waals surface area contributed by atoms with Gasteiger partial charge in [-0.1, -0.05) is 18.2 Å². The predicted octanol–water partition coefficient (Wildman–Crippen LogP) is 2.48. The molecule has 5 rings (SSSR count). The number of methoxy groups -OCH3 is 1. The largest absolute Gasteiger partial charge is 0.497 e. The van der Waals surface area contributed by atoms with Crippen molar-refractivity contribution in [2.45, 2.75) is 44.2 Å². The van der Waals surface area contributed by atoms with Gasteiger partial charge in [0.2, 0.25) is 11.8 Å². The van der Waals surface area contributed by atoms with Crippen LogP contribution in [0.2, 0.25) is 0 Å². The van der Waals surface area contributed by atoms with E-state index in [0.29, 0.717) is 43.1 Å². The number of amides is 4. The van der Waals surface area contributed by atoms with Gasteiger partial charge in [-0.25, -0.2) is 0 Å². The lowest BCUT2D eigenvalue weighted by Gasteiger charge is -2.32. The molecule has 3 aliphatic heterocycles. The van der Waals surface area contributed by atoms with E-state index in [-0.39, 0.29) is 24.1 Å². The Labute approximate surface area is 197 Å². The van der Waals surface area contributed by atoms with E-state index in [1.165, 1.54) is 10.5 Å². The summed E-state index contributed by atoms with van der Waals surface area (Å²) in [7, 11) is 1.66. The van der Waals surface area contributed by atoms with E-state index in [1.807, 2.05) is 17.0 Å². The third-order valence-electron chi connectivity index (χ3n) is 7.12. The Bertz CT molecular complexity index is 1170. The highest BCUT2D eigenvalue weighted by atomic mass is 16.5. The lowest BCUT2D eigenvalue weighted by molar-refractivity contribution is -0.136. The molecule has 0 spiro atoms. The molecule has 34 heavy (non-hydrogen) atoms. The van der Waals surface area contributed by atoms with Gasteiger partial charge in [0.25, 0.3) is 11.8 Å². The van der Waals surface area contributed by atoms with Crippen LogP contribution in [-0.4, -0.2) is 59.7 Å². The predicted molar refractivity (Wildman–Crippen MR) is 123 cm³/mol. The third-order valence-corrected chi connectivity index (χ3v) is 7.12. The molecule has 1 atom stereocenters. The fourth-order valence-electron chi connectivity index (χ4n) is 5.18. The zero-order valence-corrected chi connectivity index (χ0v) is 19.1. The Kier molecular flexibility index (Phi) is 5.81. The molecule has 1 N–H and O–H groups in total. The second-order valence-corrected chi connectivity index (χ2v) is 9.11. The molecule has 2 fully saturated rings. The maximum Gasteiger partial charge on any atom is 0.255 e. The van der Waals surface area contributed by atoms with Crippen molar-refractivity contribution in [2.24, 2.45) is 0 Å². The Morgan fingerprint density at radius 1 is 1.03 bits per heavy atom. The first-order valence-electron chi connectivity index (χ1n) is 11.7. The molecule has 0 radical (unpaired) electrons. The number of piperidine rings is 2. The molecule has 1 unspecified atom stereocenters. The summed E-state index contributed by atoms with van der Waals surface area (Å²) in [6.07, 6.45) is 2.27. The zero-order chi connectivity index (χ0) is 23.8. The number of hydrogen-bond acceptors (Lipinski definition) is 5. The number of carbonyl (C=O) groups excluding carboxylic acids is 4. The second kappa shape index (κ2) is 8.93. The van der Waals surface area contributed by atoms with Crippen LogP contribution in [0.5, 0.6) is 5.75 Å². The number of rotatable bonds is 4. The van der Waals surface area contributed by atoms with E-state index in [9.17, 15) is 19.2 Å². The number of hydrogen-bond donors (Lipinski definition) is 1. The van der Waals surface area contributed by atoms with Crippen LogP contribution in [0.3, 0.4) is 0 Å². The molecule has 176 valence electrons. The summed E-state index contributed by atoms with van der Waals surface area (Å²) < 4.78 is 5.33. The van der Waals surface area contributed by atoms with Crippen LogP contribution in [0.15, 0.2) is 42.5 Å². The summed E-state index contributed by atoms with van der Waals surface area (Å²) in [5.41, 5.74) is 2.96. The third kappa shape index (κ3) is 4.04. The molecule has 0 aromatic heterocycles. The van der Waals surface area contributed by atoms with Crippen molar-refractivity contribution >= 4 is 23.6 Å². The van der Waals surface area contributed by atoms with Crippen LogP contribution in [0.25, 0.3) is 0 Å². The fraction of sp³-hybridized carbons (Fsp3) is 0.385. The Morgan fingerprint density at radius 3 is 2.56 bits per heavy atom. The molecular weight excluding hydrogens is 434 g/mol. The average molecular weight is 462 g/mol. The molecule has 8 nitrogen and oxygen atoms in total. The first-order valence-corrected chi connectivity index (χ1v) is 11.7. The van der Waals surface area contributed by atoms with E-state index < -0.39 is 11.9 Å². The van der Waals surface area contributed by atoms with Gasteiger partial charge in [0.15, 0.2) is 0 Å². The molecule has 3 aliphatic rings. The lowest BCUT2D eigenvalue weighted by atomic mass is 9.89. The maximum atomic E-state index is 13.2. The number of nitrogens with zero attached hydrogens (tertiary/aromatic N) is 2. The normalized spacial score (nSPS) is 20.9. The SMILES string of the molecule is COc1cccc(C2CCN(C(=O)c3ccc4c(c3)C(=O)N(C3CCC(=O)NC3=O)C4)CC2)c1. The molecule has 0 aliphatic carbocycles. The van der Waals surface area contributed by atoms with E-state index in [4.69, 9.17) is 4.74 Å². The van der Waals surface area contributed by atoms with Crippen molar-refractivity contribution in [1.29, 1.82) is 0 Å². The number of carbonyl (C=O) groups is 4. The summed E-state index contributed by atoms with van der Waals surface area (Å²) in [6.45, 7) is 1.60. The molecule has 0 bridgehead atoms. The van der Waals surface area contributed by atoms with Crippen LogP contribution >= 0.6 is 0 Å². The van der Waals surface area contributed by atoms with Crippen molar-refractivity contribution < 1.29 is 23.9 Å². The van der Waals surface area contributed by atoms with E-state index in [2.05, 4.69) is 17.4 Å². The minimum atomic E-state index is -0.660. The fourth-order valence-corrected chi connectivity index (χ4v) is 5.18. The highest BCUT2D eigenvalue weighted by Crippen LogP contribution is 2.32. The summed E-state index contributed by atoms with van der Waals surface area (Å²) in [4.78, 5) is 53.3. The Balaban J connectivity index is 1.25. The summed E-state index contributed by atoms with van der Waals surface area (Å²) in [5.74, 6) is 0.115. The summed E-state index contributed by atoms with van der Waals surface area (Å²) >= 11 is 0. The van der Waals surface area contributed by atoms with Crippen molar-refractivity contribution in [1.82, 2.24) is 15.1 Å². The van der Waals surface area contributed by atoms with Gasteiger partial charge in [-0.3, -0.25) is 24.5 Å². The molecular formula is C26H27N3O5. The maximum absolute atomic E-state index is 13.2. The number of likely N-dealkylation sites (tertiary alicyclic amines) is 1. The lowest BCUT2D eigenvalue weighted by Crippen LogP contribution is -2.52. The zero-order valence-electron chi connectivity index (χ0n) is 19.1. The quantitative estimate of drug-likeness (QED) is 0.706. The van der Waals surface area contributed by atoms with Crippen molar-refractivity contribution in [3.63, 3.8) is 0 Å². The summed E-state index contributed by atoms with van der Waals surface area (Å²) in [6, 6.07) is 12.6. The van der Waals surface area contributed by atoms with Crippen molar-refractivity contribution in [3.8, 4) is 5.75 Å². The number of benzene rings is 2. The van der Waals surface area contributed by atoms with Crippen LogP contribution in [0.1, 0.15) is 63.4 Å². The van der Waals surface area contributed by atoms with E-state index in [1.54, 1.807) is 25.3 Å². The minimum absolute atomic E-state index is 0.0841. The van der Waals surface area contributed by atoms with Crippen LogP contribution < -0.4 is 10.1 Å². The highest BCUT2D eigenvalue weighted by molar-refractivity contribution is 6.06. The molecule has 2 aromatic carbocycles. The topological polar surface area (TPSA) is 96.0 Å². The number of imide groups is 1. The minimum Gasteiger partial charge on any atom is -0.497 e. The van der Waals surface area contributed by atoms with Crippen molar-refractivity contribution in [3.05, 3.63) is 64.7 Å². The second-order valence-electron chi connectivity index (χ2n) is 9.11. The number of nitrogens with one attached hydrogen (secondary N) is 1. The average Bonchev–Trinajstić information content (AvgIpc) is 3.19. The molecule has 4 amide bonds. The van der Waals surface area contributed by atoms with Gasteiger partial charge >= 0.3 is 0 Å².